The maximum Gasteiger partial charge on any atom is 0.223 e. The Morgan fingerprint density at radius 1 is 1.47 bits per heavy atom. The van der Waals surface area contributed by atoms with Crippen molar-refractivity contribution in [2.75, 3.05) is 13.7 Å². The van der Waals surface area contributed by atoms with Gasteiger partial charge in [-0.15, -0.1) is 0 Å². The molecule has 0 unspecified atom stereocenters. The molecule has 0 bridgehead atoms. The highest BCUT2D eigenvalue weighted by atomic mass is 16.5. The zero-order valence-electron chi connectivity index (χ0n) is 11.0. The second-order valence-corrected chi connectivity index (χ2v) is 4.55. The van der Waals surface area contributed by atoms with E-state index in [1.807, 2.05) is 0 Å². The Morgan fingerprint density at radius 2 is 2.26 bits per heavy atom. The number of hydrogen-bond donors (Lipinski definition) is 2. The van der Waals surface area contributed by atoms with E-state index in [1.54, 1.807) is 25.3 Å². The molecule has 0 heterocycles. The normalized spacial score (nSPS) is 14.0. The van der Waals surface area contributed by atoms with Gasteiger partial charge in [0, 0.05) is 11.6 Å². The molecular weight excluding hydrogens is 246 g/mol. The third-order valence-corrected chi connectivity index (χ3v) is 2.97. The number of rotatable bonds is 7. The number of hydrogen-bond acceptors (Lipinski definition) is 4. The van der Waals surface area contributed by atoms with E-state index in [1.165, 1.54) is 0 Å². The van der Waals surface area contributed by atoms with Crippen LogP contribution in [0, 0.1) is 0 Å². The third kappa shape index (κ3) is 3.86. The average Bonchev–Trinajstić information content (AvgIpc) is 3.22. The zero-order chi connectivity index (χ0) is 13.7. The predicted octanol–water partition coefficient (Wildman–Crippen LogP) is 1.23. The van der Waals surface area contributed by atoms with Crippen molar-refractivity contribution in [2.45, 2.75) is 31.9 Å². The topological polar surface area (TPSA) is 67.8 Å². The summed E-state index contributed by atoms with van der Waals surface area (Å²) in [5.74, 6) is 1.07. The molecule has 1 aromatic carbocycles. The van der Waals surface area contributed by atoms with Crippen molar-refractivity contribution in [3.8, 4) is 11.5 Å². The van der Waals surface area contributed by atoms with Crippen molar-refractivity contribution < 1.29 is 19.4 Å². The molecule has 5 nitrogen and oxygen atoms in total. The Balaban J connectivity index is 1.88. The first-order valence-corrected chi connectivity index (χ1v) is 6.43. The van der Waals surface area contributed by atoms with E-state index >= 15 is 0 Å². The van der Waals surface area contributed by atoms with Crippen molar-refractivity contribution in [1.82, 2.24) is 5.32 Å². The van der Waals surface area contributed by atoms with Gasteiger partial charge in [0.2, 0.25) is 5.91 Å². The van der Waals surface area contributed by atoms with E-state index in [9.17, 15) is 9.90 Å². The summed E-state index contributed by atoms with van der Waals surface area (Å²) in [4.78, 5) is 11.5. The Labute approximate surface area is 112 Å². The van der Waals surface area contributed by atoms with E-state index in [4.69, 9.17) is 9.47 Å². The third-order valence-electron chi connectivity index (χ3n) is 2.97. The minimum absolute atomic E-state index is 0.00273. The highest BCUT2D eigenvalue weighted by Gasteiger charge is 2.23. The first kappa shape index (κ1) is 13.7. The van der Waals surface area contributed by atoms with Crippen LogP contribution in [0.15, 0.2) is 18.2 Å². The molecule has 1 aliphatic carbocycles. The number of benzene rings is 1. The van der Waals surface area contributed by atoms with Crippen molar-refractivity contribution in [2.24, 2.45) is 0 Å². The standard InChI is InChI=1S/C14H19NO4/c1-18-12-4-2-3-10(9-16)14(12)19-8-7-13(17)15-11-5-6-11/h2-4,11,16H,5-9H2,1H3,(H,15,17). The summed E-state index contributed by atoms with van der Waals surface area (Å²) in [7, 11) is 1.54. The van der Waals surface area contributed by atoms with Crippen molar-refractivity contribution in [3.63, 3.8) is 0 Å². The molecule has 1 saturated carbocycles. The van der Waals surface area contributed by atoms with Crippen LogP contribution < -0.4 is 14.8 Å². The fourth-order valence-electron chi connectivity index (χ4n) is 1.78. The van der Waals surface area contributed by atoms with Crippen LogP contribution in [0.5, 0.6) is 11.5 Å². The van der Waals surface area contributed by atoms with Crippen molar-refractivity contribution >= 4 is 5.91 Å². The van der Waals surface area contributed by atoms with Gasteiger partial charge in [0.05, 0.1) is 26.7 Å². The Kier molecular flexibility index (Phi) is 4.63. The fraction of sp³-hybridized carbons (Fsp3) is 0.500. The molecule has 0 saturated heterocycles. The molecule has 19 heavy (non-hydrogen) atoms. The van der Waals surface area contributed by atoms with Crippen LogP contribution in [0.2, 0.25) is 0 Å². The lowest BCUT2D eigenvalue weighted by atomic mass is 10.2. The molecule has 1 aromatic rings. The molecule has 0 radical (unpaired) electrons. The van der Waals surface area contributed by atoms with Gasteiger partial charge >= 0.3 is 0 Å². The molecule has 0 atom stereocenters. The van der Waals surface area contributed by atoms with Gasteiger partial charge in [-0.05, 0) is 18.9 Å². The number of para-hydroxylation sites is 1. The molecule has 2 N–H and O–H groups in total. The molecule has 104 valence electrons. The second-order valence-electron chi connectivity index (χ2n) is 4.55. The summed E-state index contributed by atoms with van der Waals surface area (Å²) >= 11 is 0. The van der Waals surface area contributed by atoms with Crippen LogP contribution in [0.4, 0.5) is 0 Å². The maximum atomic E-state index is 11.5. The first-order valence-electron chi connectivity index (χ1n) is 6.43. The van der Waals surface area contributed by atoms with Gasteiger partial charge in [-0.1, -0.05) is 12.1 Å². The maximum absolute atomic E-state index is 11.5. The van der Waals surface area contributed by atoms with Gasteiger partial charge in [0.1, 0.15) is 0 Å². The van der Waals surface area contributed by atoms with Gasteiger partial charge < -0.3 is 19.9 Å². The lowest BCUT2D eigenvalue weighted by Gasteiger charge is -2.13. The summed E-state index contributed by atoms with van der Waals surface area (Å²) in [5, 5.41) is 12.2. The van der Waals surface area contributed by atoms with E-state index < -0.39 is 0 Å². The van der Waals surface area contributed by atoms with Gasteiger partial charge in [0.25, 0.3) is 0 Å². The number of ether oxygens (including phenoxy) is 2. The quantitative estimate of drug-likeness (QED) is 0.778. The monoisotopic (exact) mass is 265 g/mol. The molecule has 0 aliphatic heterocycles. The molecule has 1 aliphatic rings. The van der Waals surface area contributed by atoms with Crippen LogP contribution >= 0.6 is 0 Å². The molecule has 0 spiro atoms. The minimum Gasteiger partial charge on any atom is -0.493 e. The number of carbonyl (C=O) groups excluding carboxylic acids is 1. The van der Waals surface area contributed by atoms with E-state index in [0.717, 1.165) is 12.8 Å². The predicted molar refractivity (Wildman–Crippen MR) is 70.2 cm³/mol. The Bertz CT molecular complexity index is 421. The summed E-state index contributed by atoms with van der Waals surface area (Å²) in [6, 6.07) is 5.68. The van der Waals surface area contributed by atoms with Gasteiger partial charge in [-0.2, -0.15) is 0 Å². The molecule has 2 rings (SSSR count). The number of aliphatic hydroxyl groups excluding tert-OH is 1. The highest BCUT2D eigenvalue weighted by Crippen LogP contribution is 2.31. The molecule has 5 heteroatoms. The number of nitrogens with one attached hydrogen (secondary N) is 1. The van der Waals surface area contributed by atoms with Crippen LogP contribution in [0.25, 0.3) is 0 Å². The number of methoxy groups -OCH3 is 1. The second kappa shape index (κ2) is 6.43. The summed E-state index contributed by atoms with van der Waals surface area (Å²) in [6.45, 7) is 0.146. The van der Waals surface area contributed by atoms with E-state index in [2.05, 4.69) is 5.32 Å². The van der Waals surface area contributed by atoms with Gasteiger partial charge in [-0.3, -0.25) is 4.79 Å². The number of aliphatic hydroxyl groups is 1. The lowest BCUT2D eigenvalue weighted by molar-refractivity contribution is -0.121. The van der Waals surface area contributed by atoms with Gasteiger partial charge in [0.15, 0.2) is 11.5 Å². The Hall–Kier alpha value is -1.75. The van der Waals surface area contributed by atoms with Crippen molar-refractivity contribution in [1.29, 1.82) is 0 Å². The molecule has 1 fully saturated rings. The number of amides is 1. The fourth-order valence-corrected chi connectivity index (χ4v) is 1.78. The van der Waals surface area contributed by atoms with Crippen LogP contribution in [-0.2, 0) is 11.4 Å². The van der Waals surface area contributed by atoms with E-state index in [0.29, 0.717) is 29.5 Å². The van der Waals surface area contributed by atoms with Crippen LogP contribution in [0.3, 0.4) is 0 Å². The molecule has 0 aromatic heterocycles. The average molecular weight is 265 g/mol. The molecule has 1 amide bonds. The summed E-state index contributed by atoms with van der Waals surface area (Å²) in [6.07, 6.45) is 2.46. The van der Waals surface area contributed by atoms with Crippen LogP contribution in [-0.4, -0.2) is 30.8 Å². The Morgan fingerprint density at radius 3 is 2.89 bits per heavy atom. The first-order chi connectivity index (χ1) is 9.24. The van der Waals surface area contributed by atoms with Crippen LogP contribution in [0.1, 0.15) is 24.8 Å². The summed E-state index contributed by atoms with van der Waals surface area (Å²) < 4.78 is 10.8. The van der Waals surface area contributed by atoms with E-state index in [-0.39, 0.29) is 19.1 Å². The smallest absolute Gasteiger partial charge is 0.223 e. The highest BCUT2D eigenvalue weighted by molar-refractivity contribution is 5.76. The SMILES string of the molecule is COc1cccc(CO)c1OCCC(=O)NC1CC1. The van der Waals surface area contributed by atoms with Gasteiger partial charge in [-0.25, -0.2) is 0 Å². The minimum atomic E-state index is -0.124. The molecular formula is C14H19NO4. The summed E-state index contributed by atoms with van der Waals surface area (Å²) in [5.41, 5.74) is 0.655. The lowest BCUT2D eigenvalue weighted by Crippen LogP contribution is -2.26. The number of carbonyl (C=O) groups is 1. The largest absolute Gasteiger partial charge is 0.493 e. The zero-order valence-corrected chi connectivity index (χ0v) is 11.0. The van der Waals surface area contributed by atoms with Crippen molar-refractivity contribution in [3.05, 3.63) is 23.8 Å².